The van der Waals surface area contributed by atoms with Gasteiger partial charge in [-0.1, -0.05) is 0 Å². The number of rotatable bonds is 3. The zero-order valence-electron chi connectivity index (χ0n) is 13.8. The van der Waals surface area contributed by atoms with Crippen LogP contribution in [0.15, 0.2) is 56.7 Å². The van der Waals surface area contributed by atoms with Gasteiger partial charge in [0.1, 0.15) is 17.1 Å². The predicted molar refractivity (Wildman–Crippen MR) is 90.2 cm³/mol. The van der Waals surface area contributed by atoms with Crippen LogP contribution in [-0.4, -0.2) is 21.3 Å². The summed E-state index contributed by atoms with van der Waals surface area (Å²) in [6, 6.07) is 8.72. The summed E-state index contributed by atoms with van der Waals surface area (Å²) in [7, 11) is -3.89. The van der Waals surface area contributed by atoms with Gasteiger partial charge in [0.25, 0.3) is 0 Å². The van der Waals surface area contributed by atoms with Crippen molar-refractivity contribution in [3.8, 4) is 5.75 Å². The zero-order valence-corrected chi connectivity index (χ0v) is 14.7. The molecule has 4 rings (SSSR count). The molecular formula is C18H14F3NO4S. The molecule has 0 fully saturated rings. The van der Waals surface area contributed by atoms with E-state index < -0.39 is 21.9 Å². The van der Waals surface area contributed by atoms with Crippen LogP contribution in [0.4, 0.5) is 13.2 Å². The molecule has 0 unspecified atom stereocenters. The number of fused-ring (bicyclic) bond motifs is 3. The molecule has 142 valence electrons. The number of benzene rings is 2. The van der Waals surface area contributed by atoms with Crippen LogP contribution in [0.25, 0.3) is 11.0 Å². The lowest BCUT2D eigenvalue weighted by atomic mass is 10.1. The summed E-state index contributed by atoms with van der Waals surface area (Å²) >= 11 is 0. The van der Waals surface area contributed by atoms with E-state index in [0.717, 1.165) is 53.9 Å². The van der Waals surface area contributed by atoms with Gasteiger partial charge in [0.15, 0.2) is 0 Å². The van der Waals surface area contributed by atoms with Crippen LogP contribution in [0.3, 0.4) is 0 Å². The number of sulfone groups is 1. The lowest BCUT2D eigenvalue weighted by molar-refractivity contribution is -0.274. The molecular weight excluding hydrogens is 383 g/mol. The van der Waals surface area contributed by atoms with Crippen molar-refractivity contribution >= 4 is 20.8 Å². The standard InChI is InChI=1S/C18H14F3NO4S/c19-18(20,21)26-11-1-3-12(4-2-11)27(23,24)13-5-6-16-15(9-13)14-7-8-22-10-17(14)25-16/h1-6,9,22H,7-8,10H2. The SMILES string of the molecule is O=S(=O)(c1ccc(OC(F)(F)F)cc1)c1ccc2oc3c(c2c1)CCNC3. The molecule has 27 heavy (non-hydrogen) atoms. The largest absolute Gasteiger partial charge is 0.573 e. The first-order valence-corrected chi connectivity index (χ1v) is 9.58. The normalized spacial score (nSPS) is 14.9. The van der Waals surface area contributed by atoms with Crippen molar-refractivity contribution < 1.29 is 30.7 Å². The third kappa shape index (κ3) is 3.40. The Bertz CT molecular complexity index is 1100. The first-order valence-electron chi connectivity index (χ1n) is 8.10. The van der Waals surface area contributed by atoms with Crippen LogP contribution < -0.4 is 10.1 Å². The second kappa shape index (κ2) is 6.28. The summed E-state index contributed by atoms with van der Waals surface area (Å²) in [4.78, 5) is -0.0583. The maximum Gasteiger partial charge on any atom is 0.573 e. The first kappa shape index (κ1) is 17.9. The number of hydrogen-bond acceptors (Lipinski definition) is 5. The monoisotopic (exact) mass is 397 g/mol. The van der Waals surface area contributed by atoms with Crippen molar-refractivity contribution in [1.82, 2.24) is 5.32 Å². The lowest BCUT2D eigenvalue weighted by Gasteiger charge is -2.11. The second-order valence-electron chi connectivity index (χ2n) is 6.11. The van der Waals surface area contributed by atoms with Gasteiger partial charge >= 0.3 is 6.36 Å². The zero-order chi connectivity index (χ0) is 19.2. The van der Waals surface area contributed by atoms with E-state index >= 15 is 0 Å². The van der Waals surface area contributed by atoms with E-state index in [1.165, 1.54) is 6.07 Å². The Morgan fingerprint density at radius 2 is 1.74 bits per heavy atom. The molecule has 0 aliphatic carbocycles. The van der Waals surface area contributed by atoms with Gasteiger partial charge in [-0.15, -0.1) is 13.2 Å². The summed E-state index contributed by atoms with van der Waals surface area (Å²) in [5, 5.41) is 3.93. The van der Waals surface area contributed by atoms with Gasteiger partial charge in [-0.3, -0.25) is 0 Å². The highest BCUT2D eigenvalue weighted by Crippen LogP contribution is 2.32. The quantitative estimate of drug-likeness (QED) is 0.728. The molecule has 9 heteroatoms. The van der Waals surface area contributed by atoms with Crippen molar-refractivity contribution in [2.24, 2.45) is 0 Å². The highest BCUT2D eigenvalue weighted by Gasteiger charge is 2.31. The number of nitrogens with one attached hydrogen (secondary N) is 1. The van der Waals surface area contributed by atoms with E-state index in [1.807, 2.05) is 0 Å². The van der Waals surface area contributed by atoms with Crippen molar-refractivity contribution in [2.45, 2.75) is 29.1 Å². The van der Waals surface area contributed by atoms with Crippen LogP contribution >= 0.6 is 0 Å². The number of halogens is 3. The molecule has 0 bridgehead atoms. The summed E-state index contributed by atoms with van der Waals surface area (Å²) in [5.41, 5.74) is 1.59. The van der Waals surface area contributed by atoms with Crippen LogP contribution in [0.2, 0.25) is 0 Å². The van der Waals surface area contributed by atoms with E-state index in [0.29, 0.717) is 12.1 Å². The Hall–Kier alpha value is -2.52. The fourth-order valence-electron chi connectivity index (χ4n) is 3.13. The van der Waals surface area contributed by atoms with Crippen LogP contribution in [0.1, 0.15) is 11.3 Å². The molecule has 3 aromatic rings. The smallest absolute Gasteiger partial charge is 0.459 e. The molecule has 1 aromatic heterocycles. The van der Waals surface area contributed by atoms with Gasteiger partial charge in [0.05, 0.1) is 16.3 Å². The Labute approximate surface area is 152 Å². The lowest BCUT2D eigenvalue weighted by Crippen LogP contribution is -2.22. The highest BCUT2D eigenvalue weighted by molar-refractivity contribution is 7.91. The minimum Gasteiger partial charge on any atom is -0.459 e. The van der Waals surface area contributed by atoms with E-state index in [2.05, 4.69) is 10.1 Å². The summed E-state index contributed by atoms with van der Waals surface area (Å²) in [6.45, 7) is 1.37. The highest BCUT2D eigenvalue weighted by atomic mass is 32.2. The molecule has 0 amide bonds. The van der Waals surface area contributed by atoms with Crippen molar-refractivity contribution in [1.29, 1.82) is 0 Å². The summed E-state index contributed by atoms with van der Waals surface area (Å²) in [5.74, 6) is 0.313. The Balaban J connectivity index is 1.71. The van der Waals surface area contributed by atoms with Gasteiger partial charge in [-0.05, 0) is 55.4 Å². The Kier molecular flexibility index (Phi) is 4.15. The molecule has 2 aromatic carbocycles. The molecule has 1 N–H and O–H groups in total. The number of alkyl halides is 3. The van der Waals surface area contributed by atoms with E-state index in [1.54, 1.807) is 12.1 Å². The minimum absolute atomic E-state index is 0.0571. The fourth-order valence-corrected chi connectivity index (χ4v) is 4.42. The third-order valence-electron chi connectivity index (χ3n) is 4.36. The molecule has 2 heterocycles. The topological polar surface area (TPSA) is 68.5 Å². The first-order chi connectivity index (χ1) is 12.7. The molecule has 0 saturated carbocycles. The van der Waals surface area contributed by atoms with Crippen LogP contribution in [0, 0.1) is 0 Å². The average molecular weight is 397 g/mol. The Morgan fingerprint density at radius 3 is 2.44 bits per heavy atom. The maximum atomic E-state index is 12.9. The Morgan fingerprint density at radius 1 is 1.04 bits per heavy atom. The summed E-state index contributed by atoms with van der Waals surface area (Å²) in [6.07, 6.45) is -4.10. The molecule has 0 atom stereocenters. The van der Waals surface area contributed by atoms with E-state index in [9.17, 15) is 21.6 Å². The van der Waals surface area contributed by atoms with Crippen LogP contribution in [0.5, 0.6) is 5.75 Å². The third-order valence-corrected chi connectivity index (χ3v) is 6.13. The average Bonchev–Trinajstić information content (AvgIpc) is 2.98. The van der Waals surface area contributed by atoms with Gasteiger partial charge in [0.2, 0.25) is 9.84 Å². The van der Waals surface area contributed by atoms with Gasteiger partial charge in [-0.25, -0.2) is 8.42 Å². The number of hydrogen-bond donors (Lipinski definition) is 1. The van der Waals surface area contributed by atoms with Gasteiger partial charge < -0.3 is 14.5 Å². The second-order valence-corrected chi connectivity index (χ2v) is 8.06. The van der Waals surface area contributed by atoms with Gasteiger partial charge in [0, 0.05) is 10.9 Å². The van der Waals surface area contributed by atoms with Gasteiger partial charge in [-0.2, -0.15) is 0 Å². The molecule has 1 aliphatic rings. The molecule has 0 spiro atoms. The molecule has 1 aliphatic heterocycles. The maximum absolute atomic E-state index is 12.9. The molecule has 5 nitrogen and oxygen atoms in total. The van der Waals surface area contributed by atoms with Crippen molar-refractivity contribution in [2.75, 3.05) is 6.54 Å². The predicted octanol–water partition coefficient (Wildman–Crippen LogP) is 3.81. The fraction of sp³-hybridized carbons (Fsp3) is 0.222. The summed E-state index contributed by atoms with van der Waals surface area (Å²) < 4.78 is 72.0. The minimum atomic E-state index is -4.83. The molecule has 0 saturated heterocycles. The van der Waals surface area contributed by atoms with Crippen molar-refractivity contribution in [3.05, 3.63) is 53.8 Å². The van der Waals surface area contributed by atoms with Crippen molar-refractivity contribution in [3.63, 3.8) is 0 Å². The van der Waals surface area contributed by atoms with E-state index in [4.69, 9.17) is 4.42 Å². The van der Waals surface area contributed by atoms with Crippen LogP contribution in [-0.2, 0) is 22.8 Å². The van der Waals surface area contributed by atoms with E-state index in [-0.39, 0.29) is 9.79 Å². The number of furan rings is 1. The number of ether oxygens (including phenoxy) is 1. The molecule has 0 radical (unpaired) electrons.